The number of hydrogen-bond donors (Lipinski definition) is 1. The minimum absolute atomic E-state index is 0.344. The van der Waals surface area contributed by atoms with Crippen molar-refractivity contribution in [1.82, 2.24) is 9.47 Å². The van der Waals surface area contributed by atoms with Crippen molar-refractivity contribution >= 4 is 22.6 Å². The Balaban J connectivity index is 1.73. The van der Waals surface area contributed by atoms with Crippen LogP contribution in [0.25, 0.3) is 10.8 Å². The second-order valence-corrected chi connectivity index (χ2v) is 7.71. The molecule has 3 rings (SSSR count). The maximum Gasteiger partial charge on any atom is 0.418 e. The zero-order chi connectivity index (χ0) is 17.3. The number of piperidine rings is 1. The number of aromatic nitrogens is 1. The van der Waals surface area contributed by atoms with Crippen LogP contribution >= 0.6 is 0 Å². The van der Waals surface area contributed by atoms with Gasteiger partial charge in [0.05, 0.1) is 0 Å². The van der Waals surface area contributed by atoms with Crippen LogP contribution in [-0.4, -0.2) is 47.3 Å². The Morgan fingerprint density at radius 3 is 2.50 bits per heavy atom. The average Bonchev–Trinajstić information content (AvgIpc) is 2.91. The summed E-state index contributed by atoms with van der Waals surface area (Å²) in [5, 5.41) is 5.70. The van der Waals surface area contributed by atoms with Crippen LogP contribution in [0, 0.1) is 0 Å². The predicted octanol–water partition coefficient (Wildman–Crippen LogP) is 3.93. The summed E-state index contributed by atoms with van der Waals surface area (Å²) >= 11 is 0. The van der Waals surface area contributed by atoms with E-state index in [9.17, 15) is 4.79 Å². The smallest absolute Gasteiger partial charge is 0.418 e. The highest BCUT2D eigenvalue weighted by Crippen LogP contribution is 2.23. The highest BCUT2D eigenvalue weighted by molar-refractivity contribution is 5.89. The van der Waals surface area contributed by atoms with Crippen molar-refractivity contribution in [3.05, 3.63) is 30.6 Å². The molecule has 5 heteroatoms. The highest BCUT2D eigenvalue weighted by Gasteiger charge is 2.19. The third-order valence-electron chi connectivity index (χ3n) is 4.34. The zero-order valence-electron chi connectivity index (χ0n) is 15.0. The van der Waals surface area contributed by atoms with E-state index in [2.05, 4.69) is 29.4 Å². The number of anilines is 1. The summed E-state index contributed by atoms with van der Waals surface area (Å²) in [5.41, 5.74) is 0.619. The fourth-order valence-corrected chi connectivity index (χ4v) is 3.04. The summed E-state index contributed by atoms with van der Waals surface area (Å²) in [5.74, 6) is 0. The number of ether oxygens (including phenoxy) is 1. The van der Waals surface area contributed by atoms with Crippen molar-refractivity contribution in [3.8, 4) is 0 Å². The van der Waals surface area contributed by atoms with Crippen LogP contribution in [0.5, 0.6) is 0 Å². The second-order valence-electron chi connectivity index (χ2n) is 7.71. The lowest BCUT2D eigenvalue weighted by atomic mass is 10.0. The molecule has 1 fully saturated rings. The van der Waals surface area contributed by atoms with Gasteiger partial charge in [0, 0.05) is 34.9 Å². The monoisotopic (exact) mass is 329 g/mol. The fourth-order valence-electron chi connectivity index (χ4n) is 3.04. The second kappa shape index (κ2) is 6.48. The SMILES string of the molecule is CN1CCC(Nc2ccc3cn(C(=O)OC(C)(C)C)cc3c2)CC1. The molecule has 0 saturated carbocycles. The van der Waals surface area contributed by atoms with E-state index in [0.717, 1.165) is 42.4 Å². The largest absolute Gasteiger partial charge is 0.443 e. The normalized spacial score (nSPS) is 17.2. The number of fused-ring (bicyclic) bond motifs is 1. The van der Waals surface area contributed by atoms with E-state index in [1.165, 1.54) is 4.57 Å². The number of rotatable bonds is 2. The van der Waals surface area contributed by atoms with Crippen LogP contribution in [0.15, 0.2) is 30.6 Å². The van der Waals surface area contributed by atoms with Gasteiger partial charge in [-0.1, -0.05) is 6.07 Å². The molecular formula is C19H27N3O2. The summed E-state index contributed by atoms with van der Waals surface area (Å²) in [6.45, 7) is 7.89. The van der Waals surface area contributed by atoms with Crippen molar-refractivity contribution in [3.63, 3.8) is 0 Å². The lowest BCUT2D eigenvalue weighted by Gasteiger charge is -2.30. The molecule has 1 aliphatic heterocycles. The first-order valence-corrected chi connectivity index (χ1v) is 8.60. The van der Waals surface area contributed by atoms with Gasteiger partial charge in [0.1, 0.15) is 5.60 Å². The summed E-state index contributed by atoms with van der Waals surface area (Å²) in [6.07, 6.45) is 5.64. The average molecular weight is 329 g/mol. The summed E-state index contributed by atoms with van der Waals surface area (Å²) in [4.78, 5) is 14.5. The molecule has 5 nitrogen and oxygen atoms in total. The van der Waals surface area contributed by atoms with E-state index >= 15 is 0 Å². The van der Waals surface area contributed by atoms with Crippen molar-refractivity contribution in [2.24, 2.45) is 0 Å². The van der Waals surface area contributed by atoms with Gasteiger partial charge in [-0.25, -0.2) is 4.79 Å². The Morgan fingerprint density at radius 1 is 1.17 bits per heavy atom. The van der Waals surface area contributed by atoms with Crippen LogP contribution < -0.4 is 5.32 Å². The Hall–Kier alpha value is -2.01. The summed E-state index contributed by atoms with van der Waals surface area (Å²) < 4.78 is 6.94. The highest BCUT2D eigenvalue weighted by atomic mass is 16.6. The van der Waals surface area contributed by atoms with Crippen LogP contribution in [0.1, 0.15) is 33.6 Å². The molecular weight excluding hydrogens is 302 g/mol. The molecule has 0 unspecified atom stereocenters. The van der Waals surface area contributed by atoms with Crippen molar-refractivity contribution in [2.45, 2.75) is 45.3 Å². The third-order valence-corrected chi connectivity index (χ3v) is 4.34. The minimum atomic E-state index is -0.492. The van der Waals surface area contributed by atoms with Crippen molar-refractivity contribution in [1.29, 1.82) is 0 Å². The standard InChI is InChI=1S/C19H27N3O2/c1-19(2,3)24-18(23)22-12-14-5-6-17(11-15(14)13-22)20-16-7-9-21(4)10-8-16/h5-6,11-13,16,20H,7-10H2,1-4H3. The zero-order valence-corrected chi connectivity index (χ0v) is 15.0. The summed E-state index contributed by atoms with van der Waals surface area (Å²) in [6, 6.07) is 6.76. The Morgan fingerprint density at radius 2 is 1.83 bits per heavy atom. The van der Waals surface area contributed by atoms with Crippen LogP contribution in [0.3, 0.4) is 0 Å². The van der Waals surface area contributed by atoms with Gasteiger partial charge in [0.25, 0.3) is 0 Å². The van der Waals surface area contributed by atoms with E-state index in [0.29, 0.717) is 6.04 Å². The maximum absolute atomic E-state index is 12.2. The number of nitrogens with zero attached hydrogens (tertiary/aromatic N) is 2. The number of nitrogens with one attached hydrogen (secondary N) is 1. The van der Waals surface area contributed by atoms with E-state index in [1.807, 2.05) is 39.2 Å². The van der Waals surface area contributed by atoms with Crippen LogP contribution in [0.2, 0.25) is 0 Å². The molecule has 2 aromatic rings. The minimum Gasteiger partial charge on any atom is -0.443 e. The maximum atomic E-state index is 12.2. The van der Waals surface area contributed by atoms with Gasteiger partial charge in [-0.3, -0.25) is 4.57 Å². The number of carbonyl (C=O) groups excluding carboxylic acids is 1. The molecule has 2 heterocycles. The first-order valence-electron chi connectivity index (χ1n) is 8.60. The van der Waals surface area contributed by atoms with Gasteiger partial charge >= 0.3 is 6.09 Å². The number of carbonyl (C=O) groups is 1. The van der Waals surface area contributed by atoms with E-state index in [-0.39, 0.29) is 6.09 Å². The first kappa shape index (κ1) is 16.8. The molecule has 0 aliphatic carbocycles. The molecule has 1 aromatic carbocycles. The number of hydrogen-bond acceptors (Lipinski definition) is 4. The van der Waals surface area contributed by atoms with Gasteiger partial charge in [-0.05, 0) is 65.9 Å². The van der Waals surface area contributed by atoms with Gasteiger partial charge in [0.2, 0.25) is 0 Å². The molecule has 1 saturated heterocycles. The van der Waals surface area contributed by atoms with Crippen molar-refractivity contribution < 1.29 is 9.53 Å². The number of benzene rings is 1. The quantitative estimate of drug-likeness (QED) is 0.907. The number of likely N-dealkylation sites (tertiary alicyclic amines) is 1. The van der Waals surface area contributed by atoms with Gasteiger partial charge in [0.15, 0.2) is 0 Å². The molecule has 1 aromatic heterocycles. The van der Waals surface area contributed by atoms with Crippen LogP contribution in [-0.2, 0) is 4.74 Å². The molecule has 24 heavy (non-hydrogen) atoms. The Kier molecular flexibility index (Phi) is 4.54. The van der Waals surface area contributed by atoms with Crippen molar-refractivity contribution in [2.75, 3.05) is 25.5 Å². The molecule has 0 spiro atoms. The lowest BCUT2D eigenvalue weighted by Crippen LogP contribution is -2.36. The van der Waals surface area contributed by atoms with Crippen LogP contribution in [0.4, 0.5) is 10.5 Å². The molecule has 0 radical (unpaired) electrons. The van der Waals surface area contributed by atoms with Gasteiger partial charge < -0.3 is 15.0 Å². The summed E-state index contributed by atoms with van der Waals surface area (Å²) in [7, 11) is 2.17. The fraction of sp³-hybridized carbons (Fsp3) is 0.526. The predicted molar refractivity (Wildman–Crippen MR) is 97.7 cm³/mol. The molecule has 130 valence electrons. The molecule has 0 bridgehead atoms. The Bertz CT molecular complexity index is 722. The molecule has 1 aliphatic rings. The van der Waals surface area contributed by atoms with E-state index in [4.69, 9.17) is 4.74 Å². The van der Waals surface area contributed by atoms with Gasteiger partial charge in [-0.15, -0.1) is 0 Å². The van der Waals surface area contributed by atoms with Gasteiger partial charge in [-0.2, -0.15) is 0 Å². The lowest BCUT2D eigenvalue weighted by molar-refractivity contribution is 0.0538. The molecule has 1 N–H and O–H groups in total. The van der Waals surface area contributed by atoms with E-state index in [1.54, 1.807) is 0 Å². The third kappa shape index (κ3) is 4.09. The van der Waals surface area contributed by atoms with E-state index < -0.39 is 5.60 Å². The topological polar surface area (TPSA) is 46.5 Å². The molecule has 0 atom stereocenters. The first-order chi connectivity index (χ1) is 11.3. The Labute approximate surface area is 143 Å². The molecule has 0 amide bonds.